The van der Waals surface area contributed by atoms with Crippen LogP contribution in [0.5, 0.6) is 0 Å². The summed E-state index contributed by atoms with van der Waals surface area (Å²) in [5.74, 6) is -0.914. The fourth-order valence-corrected chi connectivity index (χ4v) is 4.91. The summed E-state index contributed by atoms with van der Waals surface area (Å²) >= 11 is 1.39. The van der Waals surface area contributed by atoms with E-state index in [0.717, 1.165) is 34.5 Å². The number of carbonyl (C=O) groups excluding carboxylic acids is 2. The zero-order chi connectivity index (χ0) is 20.4. The number of methoxy groups -OCH3 is 1. The SMILES string of the molecule is CCc1c(C)sc(NC(=O)CN2c3ccc(F)cc3CCC2C)c1C(=O)OC. The number of carbonyl (C=O) groups is 2. The number of ether oxygens (including phenoxy) is 1. The van der Waals surface area contributed by atoms with E-state index < -0.39 is 5.97 Å². The summed E-state index contributed by atoms with van der Waals surface area (Å²) in [5, 5.41) is 3.42. The largest absolute Gasteiger partial charge is 0.465 e. The molecule has 1 amide bonds. The standard InChI is InChI=1S/C21H25FN2O3S/c1-5-16-13(3)28-20(19(16)21(26)27-4)23-18(25)11-24-12(2)6-7-14-10-15(22)8-9-17(14)24/h8-10,12H,5-7,11H2,1-4H3,(H,23,25). The second kappa shape index (κ2) is 8.31. The van der Waals surface area contributed by atoms with Gasteiger partial charge in [0, 0.05) is 16.6 Å². The first-order valence-corrected chi connectivity index (χ1v) is 10.2. The molecule has 0 radical (unpaired) electrons. The summed E-state index contributed by atoms with van der Waals surface area (Å²) in [7, 11) is 1.34. The minimum atomic E-state index is -0.441. The molecule has 150 valence electrons. The Hall–Kier alpha value is -2.41. The van der Waals surface area contributed by atoms with Gasteiger partial charge in [0.05, 0.1) is 19.2 Å². The highest BCUT2D eigenvalue weighted by Gasteiger charge is 2.27. The highest BCUT2D eigenvalue weighted by Crippen LogP contribution is 2.35. The van der Waals surface area contributed by atoms with Crippen molar-refractivity contribution in [3.05, 3.63) is 45.6 Å². The van der Waals surface area contributed by atoms with Crippen LogP contribution in [0.4, 0.5) is 15.1 Å². The Balaban J connectivity index is 1.83. The summed E-state index contributed by atoms with van der Waals surface area (Å²) in [6, 6.07) is 4.86. The number of aryl methyl sites for hydroxylation is 2. The van der Waals surface area contributed by atoms with Gasteiger partial charge >= 0.3 is 5.97 Å². The molecular formula is C21H25FN2O3S. The summed E-state index contributed by atoms with van der Waals surface area (Å²) in [6.45, 7) is 6.10. The quantitative estimate of drug-likeness (QED) is 0.754. The van der Waals surface area contributed by atoms with Crippen molar-refractivity contribution >= 4 is 33.9 Å². The Bertz CT molecular complexity index is 909. The van der Waals surface area contributed by atoms with Crippen LogP contribution >= 0.6 is 11.3 Å². The van der Waals surface area contributed by atoms with Gasteiger partial charge in [-0.05, 0) is 62.4 Å². The molecule has 1 aliphatic heterocycles. The lowest BCUT2D eigenvalue weighted by Gasteiger charge is -2.36. The molecule has 28 heavy (non-hydrogen) atoms. The molecule has 0 saturated carbocycles. The summed E-state index contributed by atoms with van der Waals surface area (Å²) in [4.78, 5) is 28.0. The van der Waals surface area contributed by atoms with Crippen LogP contribution in [0.25, 0.3) is 0 Å². The van der Waals surface area contributed by atoms with Gasteiger partial charge in [0.2, 0.25) is 5.91 Å². The second-order valence-electron chi connectivity index (χ2n) is 7.02. The van der Waals surface area contributed by atoms with Gasteiger partial charge in [-0.15, -0.1) is 11.3 Å². The first-order valence-electron chi connectivity index (χ1n) is 9.41. The molecule has 0 saturated heterocycles. The number of hydrogen-bond acceptors (Lipinski definition) is 5. The van der Waals surface area contributed by atoms with Crippen LogP contribution in [-0.4, -0.2) is 31.6 Å². The summed E-state index contributed by atoms with van der Waals surface area (Å²) < 4.78 is 18.5. The zero-order valence-electron chi connectivity index (χ0n) is 16.6. The second-order valence-corrected chi connectivity index (χ2v) is 8.25. The highest BCUT2D eigenvalue weighted by atomic mass is 32.1. The molecule has 7 heteroatoms. The summed E-state index contributed by atoms with van der Waals surface area (Å²) in [5.41, 5.74) is 3.15. The number of benzene rings is 1. The number of anilines is 2. The molecule has 1 unspecified atom stereocenters. The molecule has 0 spiro atoms. The maximum Gasteiger partial charge on any atom is 0.341 e. The Morgan fingerprint density at radius 3 is 2.82 bits per heavy atom. The normalized spacial score (nSPS) is 15.9. The number of amides is 1. The predicted octanol–water partition coefficient (Wildman–Crippen LogP) is 4.32. The molecule has 0 aliphatic carbocycles. The summed E-state index contributed by atoms with van der Waals surface area (Å²) in [6.07, 6.45) is 2.34. The van der Waals surface area contributed by atoms with Gasteiger partial charge in [-0.3, -0.25) is 4.79 Å². The van der Waals surface area contributed by atoms with Crippen LogP contribution in [0.1, 0.15) is 46.6 Å². The topological polar surface area (TPSA) is 58.6 Å². The molecule has 1 N–H and O–H groups in total. The molecule has 0 fully saturated rings. The van der Waals surface area contributed by atoms with Crippen molar-refractivity contribution in [1.29, 1.82) is 0 Å². The molecule has 5 nitrogen and oxygen atoms in total. The number of hydrogen-bond donors (Lipinski definition) is 1. The number of thiophene rings is 1. The molecule has 1 atom stereocenters. The van der Waals surface area contributed by atoms with Gasteiger partial charge in [0.25, 0.3) is 0 Å². The van der Waals surface area contributed by atoms with Gasteiger partial charge in [0.1, 0.15) is 10.8 Å². The molecule has 1 aromatic heterocycles. The van der Waals surface area contributed by atoms with Gasteiger partial charge in [-0.1, -0.05) is 6.92 Å². The lowest BCUT2D eigenvalue weighted by molar-refractivity contribution is -0.115. The molecule has 2 aromatic rings. The van der Waals surface area contributed by atoms with Crippen LogP contribution in [0.2, 0.25) is 0 Å². The average Bonchev–Trinajstić information content (AvgIpc) is 2.98. The number of fused-ring (bicyclic) bond motifs is 1. The lowest BCUT2D eigenvalue weighted by Crippen LogP contribution is -2.42. The van der Waals surface area contributed by atoms with E-state index in [-0.39, 0.29) is 24.3 Å². The van der Waals surface area contributed by atoms with Crippen molar-refractivity contribution < 1.29 is 18.7 Å². The fraction of sp³-hybridized carbons (Fsp3) is 0.429. The number of rotatable bonds is 5. The van der Waals surface area contributed by atoms with E-state index in [1.54, 1.807) is 6.07 Å². The molecule has 2 heterocycles. The number of esters is 1. The Kier molecular flexibility index (Phi) is 6.03. The Morgan fingerprint density at radius 2 is 2.14 bits per heavy atom. The van der Waals surface area contributed by atoms with E-state index in [2.05, 4.69) is 12.2 Å². The number of nitrogens with zero attached hydrogens (tertiary/aromatic N) is 1. The van der Waals surface area contributed by atoms with Gasteiger partial charge in [0.15, 0.2) is 0 Å². The number of nitrogens with one attached hydrogen (secondary N) is 1. The first kappa shape index (κ1) is 20.3. The van der Waals surface area contributed by atoms with Crippen LogP contribution in [-0.2, 0) is 22.4 Å². The minimum absolute atomic E-state index is 0.138. The van der Waals surface area contributed by atoms with Crippen molar-refractivity contribution in [2.75, 3.05) is 23.9 Å². The third kappa shape index (κ3) is 3.90. The Morgan fingerprint density at radius 1 is 1.39 bits per heavy atom. The van der Waals surface area contributed by atoms with E-state index in [4.69, 9.17) is 4.74 Å². The molecule has 0 bridgehead atoms. The van der Waals surface area contributed by atoms with E-state index in [0.29, 0.717) is 17.0 Å². The van der Waals surface area contributed by atoms with E-state index in [1.807, 2.05) is 18.7 Å². The maximum absolute atomic E-state index is 13.6. The van der Waals surface area contributed by atoms with Crippen molar-refractivity contribution in [3.63, 3.8) is 0 Å². The van der Waals surface area contributed by atoms with Crippen molar-refractivity contribution in [2.24, 2.45) is 0 Å². The smallest absolute Gasteiger partial charge is 0.341 e. The van der Waals surface area contributed by atoms with Gasteiger partial charge < -0.3 is 15.0 Å². The van der Waals surface area contributed by atoms with E-state index in [1.165, 1.54) is 30.6 Å². The third-order valence-electron chi connectivity index (χ3n) is 5.23. The average molecular weight is 405 g/mol. The van der Waals surface area contributed by atoms with Gasteiger partial charge in [-0.2, -0.15) is 0 Å². The Labute approximate surface area is 168 Å². The highest BCUT2D eigenvalue weighted by molar-refractivity contribution is 7.16. The predicted molar refractivity (Wildman–Crippen MR) is 110 cm³/mol. The minimum Gasteiger partial charge on any atom is -0.465 e. The van der Waals surface area contributed by atoms with Crippen molar-refractivity contribution in [2.45, 2.75) is 46.1 Å². The fourth-order valence-electron chi connectivity index (χ4n) is 3.76. The van der Waals surface area contributed by atoms with E-state index >= 15 is 0 Å². The molecule has 1 aromatic carbocycles. The maximum atomic E-state index is 13.6. The monoisotopic (exact) mass is 404 g/mol. The van der Waals surface area contributed by atoms with Crippen LogP contribution < -0.4 is 10.2 Å². The van der Waals surface area contributed by atoms with Crippen LogP contribution in [0.15, 0.2) is 18.2 Å². The van der Waals surface area contributed by atoms with Crippen LogP contribution in [0, 0.1) is 12.7 Å². The molecule has 1 aliphatic rings. The third-order valence-corrected chi connectivity index (χ3v) is 6.30. The van der Waals surface area contributed by atoms with Crippen LogP contribution in [0.3, 0.4) is 0 Å². The van der Waals surface area contributed by atoms with Gasteiger partial charge in [-0.25, -0.2) is 9.18 Å². The molecular weight excluding hydrogens is 379 g/mol. The van der Waals surface area contributed by atoms with Crippen molar-refractivity contribution in [1.82, 2.24) is 0 Å². The van der Waals surface area contributed by atoms with Crippen molar-refractivity contribution in [3.8, 4) is 0 Å². The molecule has 3 rings (SSSR count). The number of halogens is 1. The zero-order valence-corrected chi connectivity index (χ0v) is 17.4. The lowest BCUT2D eigenvalue weighted by atomic mass is 9.96. The van der Waals surface area contributed by atoms with E-state index in [9.17, 15) is 14.0 Å². The first-order chi connectivity index (χ1) is 13.3.